The number of rotatable bonds is 10. The van der Waals surface area contributed by atoms with Gasteiger partial charge in [0.2, 0.25) is 5.91 Å². The number of anilines is 2. The van der Waals surface area contributed by atoms with Crippen LogP contribution in [0.1, 0.15) is 29.3 Å². The minimum atomic E-state index is -0.462. The maximum atomic E-state index is 13.4. The molecule has 0 saturated carbocycles. The van der Waals surface area contributed by atoms with Gasteiger partial charge in [-0.1, -0.05) is 97.9 Å². The van der Waals surface area contributed by atoms with E-state index in [0.717, 1.165) is 26.9 Å². The van der Waals surface area contributed by atoms with Crippen LogP contribution in [-0.2, 0) is 9.59 Å². The molecule has 5 aromatic carbocycles. The van der Waals surface area contributed by atoms with E-state index in [1.807, 2.05) is 104 Å². The summed E-state index contributed by atoms with van der Waals surface area (Å²) in [5.74, 6) is -0.934. The molecule has 214 valence electrons. The molecule has 0 heterocycles. The summed E-state index contributed by atoms with van der Waals surface area (Å²) in [6, 6.07) is 39.2. The van der Waals surface area contributed by atoms with E-state index >= 15 is 0 Å². The van der Waals surface area contributed by atoms with Gasteiger partial charge in [0.25, 0.3) is 11.8 Å². The number of fused-ring (bicyclic) bond motifs is 1. The van der Waals surface area contributed by atoms with Gasteiger partial charge in [-0.15, -0.1) is 11.8 Å². The van der Waals surface area contributed by atoms with E-state index < -0.39 is 5.91 Å². The van der Waals surface area contributed by atoms with Crippen LogP contribution in [0.3, 0.4) is 0 Å². The highest BCUT2D eigenvalue weighted by Crippen LogP contribution is 2.30. The molecule has 7 heteroatoms. The third kappa shape index (κ3) is 7.78. The molecule has 43 heavy (non-hydrogen) atoms. The van der Waals surface area contributed by atoms with Crippen molar-refractivity contribution in [2.75, 3.05) is 10.6 Å². The predicted octanol–water partition coefficient (Wildman–Crippen LogP) is 7.76. The normalized spacial score (nSPS) is 11.9. The fourth-order valence-electron chi connectivity index (χ4n) is 4.54. The van der Waals surface area contributed by atoms with Gasteiger partial charge >= 0.3 is 0 Å². The first-order chi connectivity index (χ1) is 21.0. The molecule has 6 nitrogen and oxygen atoms in total. The Kier molecular flexibility index (Phi) is 9.67. The monoisotopic (exact) mass is 585 g/mol. The van der Waals surface area contributed by atoms with Crippen molar-refractivity contribution in [3.8, 4) is 0 Å². The number of hydrogen-bond donors (Lipinski definition) is 3. The van der Waals surface area contributed by atoms with E-state index in [2.05, 4.69) is 16.0 Å². The third-order valence-electron chi connectivity index (χ3n) is 6.72. The Labute approximate surface area is 255 Å². The lowest BCUT2D eigenvalue weighted by atomic mass is 10.1. The molecular weight excluding hydrogens is 554 g/mol. The summed E-state index contributed by atoms with van der Waals surface area (Å²) in [7, 11) is 0. The van der Waals surface area contributed by atoms with Crippen molar-refractivity contribution in [2.24, 2.45) is 0 Å². The SMILES string of the molecule is CCC(Sc1cccc(NC(=O)/C(=C/c2ccccc2)NC(=O)c2ccccc2)c1)C(=O)Nc1cccc2ccccc12. The van der Waals surface area contributed by atoms with Gasteiger partial charge in [0, 0.05) is 27.2 Å². The van der Waals surface area contributed by atoms with Gasteiger partial charge in [-0.2, -0.15) is 0 Å². The molecule has 5 rings (SSSR count). The van der Waals surface area contributed by atoms with E-state index in [-0.39, 0.29) is 22.8 Å². The molecule has 0 aliphatic carbocycles. The van der Waals surface area contributed by atoms with Crippen LogP contribution in [0.15, 0.2) is 138 Å². The molecule has 1 unspecified atom stereocenters. The molecule has 1 atom stereocenters. The summed E-state index contributed by atoms with van der Waals surface area (Å²) in [5, 5.41) is 10.5. The van der Waals surface area contributed by atoms with E-state index in [0.29, 0.717) is 17.7 Å². The fourth-order valence-corrected chi connectivity index (χ4v) is 5.55. The zero-order chi connectivity index (χ0) is 30.0. The van der Waals surface area contributed by atoms with Crippen LogP contribution >= 0.6 is 11.8 Å². The van der Waals surface area contributed by atoms with Crippen molar-refractivity contribution >= 4 is 57.7 Å². The molecule has 3 N–H and O–H groups in total. The zero-order valence-corrected chi connectivity index (χ0v) is 24.4. The van der Waals surface area contributed by atoms with Crippen molar-refractivity contribution in [1.82, 2.24) is 5.32 Å². The van der Waals surface area contributed by atoms with Crippen LogP contribution in [0, 0.1) is 0 Å². The maximum absolute atomic E-state index is 13.4. The second-order valence-corrected chi connectivity index (χ2v) is 11.1. The molecule has 0 aliphatic heterocycles. The predicted molar refractivity (Wildman–Crippen MR) is 176 cm³/mol. The van der Waals surface area contributed by atoms with Crippen molar-refractivity contribution in [3.05, 3.63) is 144 Å². The van der Waals surface area contributed by atoms with Gasteiger partial charge in [-0.05, 0) is 59.8 Å². The quantitative estimate of drug-likeness (QED) is 0.115. The molecule has 0 aromatic heterocycles. The smallest absolute Gasteiger partial charge is 0.272 e. The van der Waals surface area contributed by atoms with Crippen LogP contribution in [0.4, 0.5) is 11.4 Å². The van der Waals surface area contributed by atoms with E-state index in [9.17, 15) is 14.4 Å². The first-order valence-electron chi connectivity index (χ1n) is 14.0. The third-order valence-corrected chi connectivity index (χ3v) is 8.08. The van der Waals surface area contributed by atoms with Crippen LogP contribution < -0.4 is 16.0 Å². The number of amides is 3. The number of carbonyl (C=O) groups is 3. The van der Waals surface area contributed by atoms with Crippen molar-refractivity contribution < 1.29 is 14.4 Å². The van der Waals surface area contributed by atoms with Gasteiger partial charge in [-0.3, -0.25) is 14.4 Å². The molecular formula is C36H31N3O3S. The Balaban J connectivity index is 1.30. The molecule has 0 aliphatic rings. The summed E-state index contributed by atoms with van der Waals surface area (Å²) in [6.45, 7) is 1.97. The molecule has 0 radical (unpaired) electrons. The first kappa shape index (κ1) is 29.4. The van der Waals surface area contributed by atoms with E-state index in [4.69, 9.17) is 0 Å². The molecule has 0 saturated heterocycles. The Morgan fingerprint density at radius 3 is 2.19 bits per heavy atom. The number of benzene rings is 5. The lowest BCUT2D eigenvalue weighted by molar-refractivity contribution is -0.116. The Morgan fingerprint density at radius 1 is 0.744 bits per heavy atom. The zero-order valence-electron chi connectivity index (χ0n) is 23.6. The highest BCUT2D eigenvalue weighted by Gasteiger charge is 2.20. The molecule has 0 spiro atoms. The number of nitrogens with one attached hydrogen (secondary N) is 3. The average Bonchev–Trinajstić information content (AvgIpc) is 3.04. The lowest BCUT2D eigenvalue weighted by Gasteiger charge is -2.17. The van der Waals surface area contributed by atoms with Crippen LogP contribution in [0.5, 0.6) is 0 Å². The largest absolute Gasteiger partial charge is 0.325 e. The summed E-state index contributed by atoms with van der Waals surface area (Å²) in [4.78, 5) is 40.5. The summed E-state index contributed by atoms with van der Waals surface area (Å²) in [6.07, 6.45) is 2.26. The van der Waals surface area contributed by atoms with Gasteiger partial charge in [0.1, 0.15) is 5.70 Å². The van der Waals surface area contributed by atoms with Crippen LogP contribution in [0.2, 0.25) is 0 Å². The van der Waals surface area contributed by atoms with Gasteiger partial charge in [0.15, 0.2) is 0 Å². The molecule has 0 bridgehead atoms. The van der Waals surface area contributed by atoms with E-state index in [1.165, 1.54) is 11.8 Å². The Hall–Kier alpha value is -5.14. The van der Waals surface area contributed by atoms with E-state index in [1.54, 1.807) is 36.4 Å². The average molecular weight is 586 g/mol. The Morgan fingerprint density at radius 2 is 1.42 bits per heavy atom. The molecule has 0 fully saturated rings. The molecule has 3 amide bonds. The fraction of sp³-hybridized carbons (Fsp3) is 0.0833. The van der Waals surface area contributed by atoms with Gasteiger partial charge in [-0.25, -0.2) is 0 Å². The number of hydrogen-bond acceptors (Lipinski definition) is 4. The van der Waals surface area contributed by atoms with Crippen molar-refractivity contribution in [1.29, 1.82) is 0 Å². The number of carbonyl (C=O) groups excluding carboxylic acids is 3. The van der Waals surface area contributed by atoms with Crippen molar-refractivity contribution in [3.63, 3.8) is 0 Å². The maximum Gasteiger partial charge on any atom is 0.272 e. The minimum Gasteiger partial charge on any atom is -0.325 e. The topological polar surface area (TPSA) is 87.3 Å². The highest BCUT2D eigenvalue weighted by molar-refractivity contribution is 8.00. The Bertz CT molecular complexity index is 1770. The molecule has 5 aromatic rings. The number of thioether (sulfide) groups is 1. The summed E-state index contributed by atoms with van der Waals surface area (Å²) in [5.41, 5.74) is 2.65. The van der Waals surface area contributed by atoms with Crippen LogP contribution in [0.25, 0.3) is 16.8 Å². The second-order valence-electron chi connectivity index (χ2n) is 9.80. The minimum absolute atomic E-state index is 0.0880. The summed E-state index contributed by atoms with van der Waals surface area (Å²) < 4.78 is 0. The lowest BCUT2D eigenvalue weighted by Crippen LogP contribution is -2.30. The standard InChI is InChI=1S/C36H31N3O3S/c1-2-33(36(42)38-31-22-11-18-26-15-9-10-21-30(26)31)43-29-20-12-19-28(24-29)37-35(41)32(23-25-13-5-3-6-14-25)39-34(40)27-16-7-4-8-17-27/h3-24,33H,2H2,1H3,(H,37,41)(H,38,42)(H,39,40)/b32-23-. The van der Waals surface area contributed by atoms with Crippen molar-refractivity contribution in [2.45, 2.75) is 23.5 Å². The highest BCUT2D eigenvalue weighted by atomic mass is 32.2. The first-order valence-corrected chi connectivity index (χ1v) is 14.9. The van der Waals surface area contributed by atoms with Gasteiger partial charge in [0.05, 0.1) is 5.25 Å². The van der Waals surface area contributed by atoms with Crippen LogP contribution in [-0.4, -0.2) is 23.0 Å². The summed E-state index contributed by atoms with van der Waals surface area (Å²) >= 11 is 1.43. The second kappa shape index (κ2) is 14.2. The van der Waals surface area contributed by atoms with Gasteiger partial charge < -0.3 is 16.0 Å².